The minimum Gasteiger partial charge on any atom is -0.508 e. The van der Waals surface area contributed by atoms with Crippen molar-refractivity contribution in [1.29, 1.82) is 0 Å². The van der Waals surface area contributed by atoms with E-state index in [1.54, 1.807) is 0 Å². The quantitative estimate of drug-likeness (QED) is 0.125. The van der Waals surface area contributed by atoms with Crippen LogP contribution in [-0.4, -0.2) is 126 Å². The van der Waals surface area contributed by atoms with Crippen LogP contribution in [-0.2, 0) is 14.2 Å². The number of fused-ring (bicyclic) bond motifs is 1. The summed E-state index contributed by atoms with van der Waals surface area (Å²) in [5.41, 5.74) is -0.610. The molecule has 0 radical (unpaired) electrons. The Balaban J connectivity index is 1.51. The van der Waals surface area contributed by atoms with E-state index in [0.717, 1.165) is 12.1 Å². The molecule has 0 saturated carbocycles. The monoisotopic (exact) mass is 610 g/mol. The summed E-state index contributed by atoms with van der Waals surface area (Å²) in [6, 6.07) is 7.73. The highest BCUT2D eigenvalue weighted by molar-refractivity contribution is 5.89. The molecule has 10 N–H and O–H groups in total. The van der Waals surface area contributed by atoms with Crippen LogP contribution in [0.15, 0.2) is 45.6 Å². The van der Waals surface area contributed by atoms with Crippen molar-refractivity contribution in [2.24, 2.45) is 0 Å². The summed E-state index contributed by atoms with van der Waals surface area (Å²) in [6.07, 6.45) is -17.4. The highest BCUT2D eigenvalue weighted by Crippen LogP contribution is 2.43. The fraction of sp³-hybridized carbons (Fsp3) is 0.444. The van der Waals surface area contributed by atoms with Gasteiger partial charge in [-0.1, -0.05) is 0 Å². The molecule has 2 aliphatic rings. The van der Waals surface area contributed by atoms with E-state index in [-0.39, 0.29) is 17.1 Å². The van der Waals surface area contributed by atoms with Gasteiger partial charge < -0.3 is 74.4 Å². The minimum absolute atomic E-state index is 0.0326. The van der Waals surface area contributed by atoms with E-state index >= 15 is 0 Å². The molecule has 3 aromatic rings. The molecule has 1 aromatic heterocycles. The van der Waals surface area contributed by atoms with E-state index in [0.29, 0.717) is 5.56 Å². The summed E-state index contributed by atoms with van der Waals surface area (Å²) in [5.74, 6) is -2.45. The zero-order chi connectivity index (χ0) is 31.2. The van der Waals surface area contributed by atoms with Gasteiger partial charge in [-0.2, -0.15) is 0 Å². The van der Waals surface area contributed by atoms with Gasteiger partial charge in [0, 0.05) is 17.7 Å². The Bertz CT molecular complexity index is 1490. The number of ether oxygens (including phenoxy) is 4. The minimum atomic E-state index is -1.91. The van der Waals surface area contributed by atoms with E-state index in [1.165, 1.54) is 24.3 Å². The van der Waals surface area contributed by atoms with Crippen LogP contribution in [0.1, 0.15) is 0 Å². The van der Waals surface area contributed by atoms with Gasteiger partial charge in [-0.05, 0) is 24.3 Å². The van der Waals surface area contributed by atoms with Crippen LogP contribution in [0.5, 0.6) is 23.0 Å². The maximum absolute atomic E-state index is 12.8. The van der Waals surface area contributed by atoms with Crippen LogP contribution in [0, 0.1) is 0 Å². The summed E-state index contributed by atoms with van der Waals surface area (Å²) in [7, 11) is 0. The number of aliphatic hydroxyl groups excluding tert-OH is 7. The number of phenolic OH excluding ortho intramolecular Hbond substituents is 3. The van der Waals surface area contributed by atoms with E-state index in [4.69, 9.17) is 23.4 Å². The number of aromatic hydroxyl groups is 3. The third-order valence-electron chi connectivity index (χ3n) is 7.29. The average molecular weight is 611 g/mol. The molecule has 2 aromatic carbocycles. The first kappa shape index (κ1) is 30.9. The molecule has 16 heteroatoms. The molecule has 0 amide bonds. The van der Waals surface area contributed by atoms with Gasteiger partial charge in [-0.15, -0.1) is 0 Å². The first-order valence-corrected chi connectivity index (χ1v) is 13.0. The van der Waals surface area contributed by atoms with Gasteiger partial charge in [0.05, 0.1) is 13.2 Å². The zero-order valence-electron chi connectivity index (χ0n) is 22.1. The Hall–Kier alpha value is -3.55. The van der Waals surface area contributed by atoms with Crippen LogP contribution in [0.4, 0.5) is 0 Å². The van der Waals surface area contributed by atoms with Gasteiger partial charge in [0.2, 0.25) is 12.0 Å². The van der Waals surface area contributed by atoms with Crippen molar-refractivity contribution >= 4 is 11.0 Å². The lowest BCUT2D eigenvalue weighted by Gasteiger charge is -2.45. The number of hydrogen-bond acceptors (Lipinski definition) is 16. The fourth-order valence-corrected chi connectivity index (χ4v) is 4.88. The second-order valence-electron chi connectivity index (χ2n) is 10.1. The molecule has 2 saturated heterocycles. The summed E-state index contributed by atoms with van der Waals surface area (Å²) in [6.45, 7) is -1.60. The first-order valence-electron chi connectivity index (χ1n) is 13.0. The van der Waals surface area contributed by atoms with Gasteiger partial charge in [0.15, 0.2) is 29.3 Å². The number of benzene rings is 2. The average Bonchev–Trinajstić information content (AvgIpc) is 2.99. The first-order chi connectivity index (χ1) is 20.4. The predicted octanol–water partition coefficient (Wildman–Crippen LogP) is -2.42. The van der Waals surface area contributed by atoms with Gasteiger partial charge >= 0.3 is 0 Å². The molecule has 3 heterocycles. The number of aliphatic hydroxyl groups is 7. The Morgan fingerprint density at radius 3 is 1.95 bits per heavy atom. The van der Waals surface area contributed by atoms with Crippen molar-refractivity contribution < 1.29 is 74.4 Å². The fourth-order valence-electron chi connectivity index (χ4n) is 4.88. The third kappa shape index (κ3) is 5.73. The second kappa shape index (κ2) is 12.2. The molecule has 5 rings (SSSR count). The number of rotatable bonds is 7. The van der Waals surface area contributed by atoms with E-state index in [2.05, 4.69) is 0 Å². The van der Waals surface area contributed by atoms with Crippen molar-refractivity contribution in [3.8, 4) is 34.3 Å². The van der Waals surface area contributed by atoms with Gasteiger partial charge in [0.1, 0.15) is 65.2 Å². The highest BCUT2D eigenvalue weighted by Gasteiger charge is 2.51. The molecule has 0 spiro atoms. The van der Waals surface area contributed by atoms with Crippen LogP contribution >= 0.6 is 0 Å². The highest BCUT2D eigenvalue weighted by atomic mass is 16.8. The Kier molecular flexibility index (Phi) is 8.77. The summed E-state index contributed by atoms with van der Waals surface area (Å²) >= 11 is 0. The molecular weight excluding hydrogens is 580 g/mol. The maximum Gasteiger partial charge on any atom is 0.229 e. The Morgan fingerprint density at radius 2 is 1.33 bits per heavy atom. The van der Waals surface area contributed by atoms with Crippen molar-refractivity contribution in [2.75, 3.05) is 13.2 Å². The molecule has 234 valence electrons. The molecule has 0 aliphatic carbocycles. The molecule has 43 heavy (non-hydrogen) atoms. The molecule has 0 bridgehead atoms. The number of phenols is 3. The number of hydrogen-bond donors (Lipinski definition) is 10. The topological polar surface area (TPSA) is 269 Å². The molecule has 16 nitrogen and oxygen atoms in total. The Morgan fingerprint density at radius 1 is 0.721 bits per heavy atom. The summed E-state index contributed by atoms with van der Waals surface area (Å²) in [4.78, 5) is 12.8. The standard InChI is InChI=1S/C27H30O16/c28-7-15-19(33)22(36)24(38)26(41-15)43-25-23(37)20(34)16(8-29)42-27(25)40-14-6-13-17(21(35)18(14)32)11(31)5-12(39-13)9-1-3-10(30)4-2-9/h1-6,15-16,19-20,22-30,32-38H,7-8H2/t15-,16-,19-,20-,22+,23+,24+,25-,26+,27-/m1/s1. The smallest absolute Gasteiger partial charge is 0.229 e. The van der Waals surface area contributed by atoms with Crippen molar-refractivity contribution in [2.45, 2.75) is 61.4 Å². The molecule has 2 aliphatic heterocycles. The van der Waals surface area contributed by atoms with Crippen molar-refractivity contribution in [1.82, 2.24) is 0 Å². The molecule has 0 unspecified atom stereocenters. The van der Waals surface area contributed by atoms with Crippen LogP contribution < -0.4 is 10.2 Å². The summed E-state index contributed by atoms with van der Waals surface area (Å²) in [5, 5.41) is 101. The van der Waals surface area contributed by atoms with E-state index in [1.807, 2.05) is 0 Å². The van der Waals surface area contributed by atoms with Crippen molar-refractivity contribution in [3.63, 3.8) is 0 Å². The van der Waals surface area contributed by atoms with Crippen molar-refractivity contribution in [3.05, 3.63) is 46.6 Å². The van der Waals surface area contributed by atoms with E-state index < -0.39 is 103 Å². The van der Waals surface area contributed by atoms with E-state index in [9.17, 15) is 55.9 Å². The molecule has 2 fully saturated rings. The zero-order valence-corrected chi connectivity index (χ0v) is 22.1. The lowest BCUT2D eigenvalue weighted by atomic mass is 9.97. The molecule has 10 atom stereocenters. The van der Waals surface area contributed by atoms with Gasteiger partial charge in [-0.3, -0.25) is 4.79 Å². The van der Waals surface area contributed by atoms with Crippen LogP contribution in [0.2, 0.25) is 0 Å². The van der Waals surface area contributed by atoms with Crippen LogP contribution in [0.25, 0.3) is 22.3 Å². The largest absolute Gasteiger partial charge is 0.508 e. The molecular formula is C27H30O16. The third-order valence-corrected chi connectivity index (χ3v) is 7.29. The van der Waals surface area contributed by atoms with Crippen LogP contribution in [0.3, 0.4) is 0 Å². The summed E-state index contributed by atoms with van der Waals surface area (Å²) < 4.78 is 27.9. The maximum atomic E-state index is 12.8. The lowest BCUT2D eigenvalue weighted by molar-refractivity contribution is -0.358. The SMILES string of the molecule is O=c1cc(-c2ccc(O)cc2)oc2cc(O[C@@H]3O[C@H](CO)[C@@H](O)[C@H](O)[C@H]3O[C@@H]3O[C@H](CO)[C@@H](O)[C@H](O)[C@@H]3O)c(O)c(O)c12. The van der Waals surface area contributed by atoms with Gasteiger partial charge in [0.25, 0.3) is 0 Å². The lowest BCUT2D eigenvalue weighted by Crippen LogP contribution is -2.65. The Labute approximate surface area is 241 Å². The van der Waals surface area contributed by atoms with Gasteiger partial charge in [-0.25, -0.2) is 0 Å². The predicted molar refractivity (Wildman–Crippen MR) is 140 cm³/mol. The normalized spacial score (nSPS) is 33.0. The second-order valence-corrected chi connectivity index (χ2v) is 10.1.